The number of halogens is 2. The first-order valence-electron chi connectivity index (χ1n) is 7.53. The molecule has 1 aromatic heterocycles. The molecule has 0 saturated carbocycles. The summed E-state index contributed by atoms with van der Waals surface area (Å²) >= 11 is 5.86. The van der Waals surface area contributed by atoms with Crippen LogP contribution in [0.1, 0.15) is 16.1 Å². The van der Waals surface area contributed by atoms with Crippen molar-refractivity contribution in [3.05, 3.63) is 76.8 Å². The highest BCUT2D eigenvalue weighted by Gasteiger charge is 2.13. The first-order valence-corrected chi connectivity index (χ1v) is 7.91. The number of nitrogens with one attached hydrogen (secondary N) is 1. The predicted octanol–water partition coefficient (Wildman–Crippen LogP) is 4.68. The van der Waals surface area contributed by atoms with Crippen LogP contribution < -0.4 is 10.1 Å². The van der Waals surface area contributed by atoms with E-state index in [9.17, 15) is 9.18 Å². The summed E-state index contributed by atoms with van der Waals surface area (Å²) in [6, 6.07) is 14.9. The van der Waals surface area contributed by atoms with E-state index >= 15 is 0 Å². The summed E-state index contributed by atoms with van der Waals surface area (Å²) in [5, 5.41) is 3.28. The van der Waals surface area contributed by atoms with Crippen LogP contribution >= 0.6 is 11.6 Å². The van der Waals surface area contributed by atoms with Gasteiger partial charge in [-0.3, -0.25) is 4.79 Å². The third-order valence-corrected chi connectivity index (χ3v) is 3.89. The summed E-state index contributed by atoms with van der Waals surface area (Å²) in [5.41, 5.74) is 0.827. The lowest BCUT2D eigenvalue weighted by molar-refractivity contribution is 0.0944. The Labute approximate surface area is 149 Å². The van der Waals surface area contributed by atoms with Crippen molar-refractivity contribution >= 4 is 17.5 Å². The van der Waals surface area contributed by atoms with Gasteiger partial charge in [-0.2, -0.15) is 0 Å². The van der Waals surface area contributed by atoms with Crippen LogP contribution in [0.25, 0.3) is 11.3 Å². The van der Waals surface area contributed by atoms with Crippen LogP contribution in [0.4, 0.5) is 4.39 Å². The van der Waals surface area contributed by atoms with E-state index in [1.807, 2.05) is 12.1 Å². The van der Waals surface area contributed by atoms with Crippen LogP contribution in [-0.2, 0) is 6.54 Å². The van der Waals surface area contributed by atoms with Gasteiger partial charge in [0.1, 0.15) is 23.1 Å². The Bertz CT molecular complexity index is 890. The van der Waals surface area contributed by atoms with Crippen LogP contribution in [-0.4, -0.2) is 13.0 Å². The summed E-state index contributed by atoms with van der Waals surface area (Å²) in [6.07, 6.45) is 0. The summed E-state index contributed by atoms with van der Waals surface area (Å²) in [7, 11) is 1.43. The molecule has 0 bridgehead atoms. The average Bonchev–Trinajstić information content (AvgIpc) is 3.09. The van der Waals surface area contributed by atoms with Gasteiger partial charge >= 0.3 is 0 Å². The Balaban J connectivity index is 1.66. The minimum atomic E-state index is -0.641. The van der Waals surface area contributed by atoms with Gasteiger partial charge in [0.15, 0.2) is 0 Å². The molecule has 3 aromatic rings. The fourth-order valence-corrected chi connectivity index (χ4v) is 2.44. The molecule has 128 valence electrons. The lowest BCUT2D eigenvalue weighted by Gasteiger charge is -2.06. The van der Waals surface area contributed by atoms with Crippen molar-refractivity contribution in [1.82, 2.24) is 5.32 Å². The number of amides is 1. The molecule has 0 atom stereocenters. The Morgan fingerprint density at radius 2 is 1.92 bits per heavy atom. The van der Waals surface area contributed by atoms with E-state index in [0.29, 0.717) is 22.3 Å². The Morgan fingerprint density at radius 3 is 2.60 bits per heavy atom. The second-order valence-electron chi connectivity index (χ2n) is 5.30. The highest BCUT2D eigenvalue weighted by Crippen LogP contribution is 2.24. The quantitative estimate of drug-likeness (QED) is 0.719. The van der Waals surface area contributed by atoms with Gasteiger partial charge in [0.2, 0.25) is 0 Å². The molecule has 0 unspecified atom stereocenters. The summed E-state index contributed by atoms with van der Waals surface area (Å²) < 4.78 is 24.5. The SMILES string of the molecule is COc1ccc(C(=O)NCc2ccc(-c3ccc(Cl)cc3)o2)c(F)c1. The van der Waals surface area contributed by atoms with E-state index < -0.39 is 11.7 Å². The molecule has 0 aliphatic heterocycles. The molecular formula is C19H15ClFNO3. The van der Waals surface area contributed by atoms with Crippen LogP contribution in [0.5, 0.6) is 5.75 Å². The van der Waals surface area contributed by atoms with Gasteiger partial charge in [-0.05, 0) is 48.5 Å². The zero-order valence-corrected chi connectivity index (χ0v) is 14.1. The zero-order chi connectivity index (χ0) is 17.8. The fraction of sp³-hybridized carbons (Fsp3) is 0.105. The van der Waals surface area contributed by atoms with Gasteiger partial charge < -0.3 is 14.5 Å². The number of rotatable bonds is 5. The molecule has 4 nitrogen and oxygen atoms in total. The van der Waals surface area contributed by atoms with Crippen molar-refractivity contribution in [3.63, 3.8) is 0 Å². The lowest BCUT2D eigenvalue weighted by atomic mass is 10.2. The van der Waals surface area contributed by atoms with Gasteiger partial charge in [0, 0.05) is 16.7 Å². The molecule has 0 fully saturated rings. The molecule has 25 heavy (non-hydrogen) atoms. The monoisotopic (exact) mass is 359 g/mol. The third-order valence-electron chi connectivity index (χ3n) is 3.63. The minimum Gasteiger partial charge on any atom is -0.497 e. The number of hydrogen-bond donors (Lipinski definition) is 1. The summed E-state index contributed by atoms with van der Waals surface area (Å²) in [5.74, 6) is 0.416. The number of methoxy groups -OCH3 is 1. The Morgan fingerprint density at radius 1 is 1.16 bits per heavy atom. The van der Waals surface area contributed by atoms with E-state index in [1.165, 1.54) is 25.3 Å². The highest BCUT2D eigenvalue weighted by atomic mass is 35.5. The summed E-state index contributed by atoms with van der Waals surface area (Å²) in [4.78, 5) is 12.1. The normalized spacial score (nSPS) is 10.5. The number of benzene rings is 2. The topological polar surface area (TPSA) is 51.5 Å². The van der Waals surface area contributed by atoms with Crippen molar-refractivity contribution in [3.8, 4) is 17.1 Å². The number of carbonyl (C=O) groups is 1. The molecule has 1 N–H and O–H groups in total. The molecule has 0 aliphatic rings. The van der Waals surface area contributed by atoms with Crippen LogP contribution in [0.3, 0.4) is 0 Å². The fourth-order valence-electron chi connectivity index (χ4n) is 2.31. The smallest absolute Gasteiger partial charge is 0.254 e. The van der Waals surface area contributed by atoms with Gasteiger partial charge in [0.05, 0.1) is 19.2 Å². The van der Waals surface area contributed by atoms with Crippen molar-refractivity contribution in [2.75, 3.05) is 7.11 Å². The Kier molecular flexibility index (Phi) is 5.05. The molecule has 0 aliphatic carbocycles. The Hall–Kier alpha value is -2.79. The standard InChI is InChI=1S/C19H15ClFNO3/c1-24-14-6-8-16(17(21)10-14)19(23)22-11-15-7-9-18(25-15)12-2-4-13(20)5-3-12/h2-10H,11H2,1H3,(H,22,23). The van der Waals surface area contributed by atoms with E-state index in [2.05, 4.69) is 5.32 Å². The summed E-state index contributed by atoms with van der Waals surface area (Å²) in [6.45, 7) is 0.151. The number of ether oxygens (including phenoxy) is 1. The van der Waals surface area contributed by atoms with Crippen LogP contribution in [0.15, 0.2) is 59.0 Å². The van der Waals surface area contributed by atoms with E-state index in [0.717, 1.165) is 5.56 Å². The molecule has 6 heteroatoms. The maximum Gasteiger partial charge on any atom is 0.254 e. The first-order chi connectivity index (χ1) is 12.1. The number of carbonyl (C=O) groups excluding carboxylic acids is 1. The number of furan rings is 1. The largest absolute Gasteiger partial charge is 0.497 e. The van der Waals surface area contributed by atoms with Gasteiger partial charge in [-0.1, -0.05) is 11.6 Å². The number of hydrogen-bond acceptors (Lipinski definition) is 3. The van der Waals surface area contributed by atoms with E-state index in [-0.39, 0.29) is 12.1 Å². The van der Waals surface area contributed by atoms with Crippen LogP contribution in [0.2, 0.25) is 5.02 Å². The molecule has 0 radical (unpaired) electrons. The maximum absolute atomic E-state index is 13.9. The zero-order valence-electron chi connectivity index (χ0n) is 13.4. The maximum atomic E-state index is 13.9. The second kappa shape index (κ2) is 7.40. The highest BCUT2D eigenvalue weighted by molar-refractivity contribution is 6.30. The average molecular weight is 360 g/mol. The van der Waals surface area contributed by atoms with Crippen molar-refractivity contribution in [1.29, 1.82) is 0 Å². The predicted molar refractivity (Wildman–Crippen MR) is 93.3 cm³/mol. The lowest BCUT2D eigenvalue weighted by Crippen LogP contribution is -2.23. The van der Waals surface area contributed by atoms with Gasteiger partial charge in [-0.25, -0.2) is 4.39 Å². The first kappa shape index (κ1) is 17.0. The molecule has 3 rings (SSSR count). The molecular weight excluding hydrogens is 345 g/mol. The molecule has 1 amide bonds. The van der Waals surface area contributed by atoms with Crippen molar-refractivity contribution in [2.24, 2.45) is 0 Å². The molecule has 0 saturated heterocycles. The van der Waals surface area contributed by atoms with Crippen molar-refractivity contribution in [2.45, 2.75) is 6.54 Å². The van der Waals surface area contributed by atoms with Gasteiger partial charge in [-0.15, -0.1) is 0 Å². The van der Waals surface area contributed by atoms with Gasteiger partial charge in [0.25, 0.3) is 5.91 Å². The van der Waals surface area contributed by atoms with Crippen molar-refractivity contribution < 1.29 is 18.3 Å². The molecule has 1 heterocycles. The third kappa shape index (κ3) is 4.00. The molecule has 2 aromatic carbocycles. The minimum absolute atomic E-state index is 0.0507. The van der Waals surface area contributed by atoms with E-state index in [4.69, 9.17) is 20.8 Å². The van der Waals surface area contributed by atoms with Crippen LogP contribution in [0, 0.1) is 5.82 Å². The molecule has 0 spiro atoms. The second-order valence-corrected chi connectivity index (χ2v) is 5.74. The van der Waals surface area contributed by atoms with E-state index in [1.54, 1.807) is 24.3 Å².